The number of carbonyl (C=O) groups excluding carboxylic acids is 1. The highest BCUT2D eigenvalue weighted by molar-refractivity contribution is 6.08. The summed E-state index contributed by atoms with van der Waals surface area (Å²) < 4.78 is 0. The summed E-state index contributed by atoms with van der Waals surface area (Å²) in [6.07, 6.45) is 0. The zero-order valence-electron chi connectivity index (χ0n) is 8.66. The fourth-order valence-electron chi connectivity index (χ4n) is 0.940. The molecule has 0 aliphatic heterocycles. The highest BCUT2D eigenvalue weighted by Crippen LogP contribution is 2.03. The van der Waals surface area contributed by atoms with Crippen molar-refractivity contribution < 1.29 is 4.79 Å². The minimum atomic E-state index is -0.140. The first kappa shape index (κ1) is 10.3. The molecule has 1 rings (SSSR count). The first-order chi connectivity index (χ1) is 6.59. The van der Waals surface area contributed by atoms with Crippen LogP contribution in [0.5, 0.6) is 0 Å². The molecule has 0 spiro atoms. The van der Waals surface area contributed by atoms with E-state index in [0.29, 0.717) is 5.56 Å². The number of Topliss-reactive ketones (excluding diaryl/α,β-unsaturated/α-hetero) is 1. The molecule has 0 aliphatic rings. The van der Waals surface area contributed by atoms with Crippen molar-refractivity contribution in [3.05, 3.63) is 35.4 Å². The number of hydrogen-bond acceptors (Lipinski definition) is 2. The Morgan fingerprint density at radius 1 is 1.21 bits per heavy atom. The van der Waals surface area contributed by atoms with Gasteiger partial charge in [0, 0.05) is 25.7 Å². The molecule has 2 nitrogen and oxygen atoms in total. The summed E-state index contributed by atoms with van der Waals surface area (Å²) >= 11 is 0. The maximum absolute atomic E-state index is 11.5. The fraction of sp³-hybridized carbons (Fsp3) is 0.250. The lowest BCUT2D eigenvalue weighted by atomic mass is 10.1. The fourth-order valence-corrected chi connectivity index (χ4v) is 0.940. The van der Waals surface area contributed by atoms with Crippen LogP contribution in [-0.4, -0.2) is 24.8 Å². The van der Waals surface area contributed by atoms with E-state index in [-0.39, 0.29) is 5.78 Å². The van der Waals surface area contributed by atoms with E-state index in [9.17, 15) is 4.79 Å². The van der Waals surface area contributed by atoms with Gasteiger partial charge in [0.1, 0.15) is 0 Å². The van der Waals surface area contributed by atoms with Crippen molar-refractivity contribution >= 4 is 5.78 Å². The topological polar surface area (TPSA) is 20.3 Å². The monoisotopic (exact) mass is 187 g/mol. The zero-order valence-corrected chi connectivity index (χ0v) is 8.66. The molecule has 0 aliphatic carbocycles. The predicted octanol–water partition coefficient (Wildman–Crippen LogP) is 1.70. The Morgan fingerprint density at radius 3 is 2.29 bits per heavy atom. The van der Waals surface area contributed by atoms with Crippen molar-refractivity contribution in [1.29, 1.82) is 0 Å². The lowest BCUT2D eigenvalue weighted by Crippen LogP contribution is -2.03. The maximum atomic E-state index is 11.5. The number of benzene rings is 1. The molecule has 0 atom stereocenters. The average Bonchev–Trinajstić information content (AvgIpc) is 2.15. The molecule has 0 saturated heterocycles. The number of rotatable bonds is 1. The van der Waals surface area contributed by atoms with E-state index in [1.165, 1.54) is 0 Å². The van der Waals surface area contributed by atoms with Crippen LogP contribution in [0.15, 0.2) is 24.3 Å². The molecular formula is C12H13NO. The largest absolute Gasteiger partial charge is 0.338 e. The second-order valence-electron chi connectivity index (χ2n) is 3.33. The van der Waals surface area contributed by atoms with Gasteiger partial charge in [-0.3, -0.25) is 4.79 Å². The SMILES string of the molecule is Cc1ccc(C(=O)C#CN(C)C)cc1. The van der Waals surface area contributed by atoms with Gasteiger partial charge in [0.25, 0.3) is 0 Å². The molecule has 0 amide bonds. The summed E-state index contributed by atoms with van der Waals surface area (Å²) in [5.41, 5.74) is 1.78. The Bertz CT molecular complexity index is 379. The second-order valence-corrected chi connectivity index (χ2v) is 3.33. The van der Waals surface area contributed by atoms with Crippen LogP contribution in [0.1, 0.15) is 15.9 Å². The minimum absolute atomic E-state index is 0.140. The van der Waals surface area contributed by atoms with Gasteiger partial charge < -0.3 is 4.90 Å². The van der Waals surface area contributed by atoms with Crippen LogP contribution < -0.4 is 0 Å². The molecule has 72 valence electrons. The molecule has 0 saturated carbocycles. The normalized spacial score (nSPS) is 8.79. The first-order valence-electron chi connectivity index (χ1n) is 4.39. The Balaban J connectivity index is 2.82. The van der Waals surface area contributed by atoms with E-state index >= 15 is 0 Å². The van der Waals surface area contributed by atoms with Gasteiger partial charge >= 0.3 is 0 Å². The van der Waals surface area contributed by atoms with Gasteiger partial charge in [-0.05, 0) is 12.8 Å². The average molecular weight is 187 g/mol. The maximum Gasteiger partial charge on any atom is 0.237 e. The van der Waals surface area contributed by atoms with Gasteiger partial charge in [-0.25, -0.2) is 0 Å². The smallest absolute Gasteiger partial charge is 0.237 e. The summed E-state index contributed by atoms with van der Waals surface area (Å²) in [5, 5.41) is 0. The van der Waals surface area contributed by atoms with E-state index in [0.717, 1.165) is 5.56 Å². The highest BCUT2D eigenvalue weighted by Gasteiger charge is 2.00. The van der Waals surface area contributed by atoms with Crippen molar-refractivity contribution in [2.75, 3.05) is 14.1 Å². The standard InChI is InChI=1S/C12H13NO/c1-10-4-6-11(7-5-10)12(14)8-9-13(2)3/h4-7H,1-3H3. The Labute approximate surface area is 84.5 Å². The summed E-state index contributed by atoms with van der Waals surface area (Å²) in [6.45, 7) is 1.99. The molecule has 0 bridgehead atoms. The molecular weight excluding hydrogens is 174 g/mol. The lowest BCUT2D eigenvalue weighted by Gasteiger charge is -1.98. The van der Waals surface area contributed by atoms with E-state index < -0.39 is 0 Å². The Morgan fingerprint density at radius 2 is 1.79 bits per heavy atom. The number of aryl methyl sites for hydroxylation is 1. The van der Waals surface area contributed by atoms with Crippen LogP contribution in [0.25, 0.3) is 0 Å². The van der Waals surface area contributed by atoms with Crippen LogP contribution in [0.2, 0.25) is 0 Å². The highest BCUT2D eigenvalue weighted by atomic mass is 16.1. The van der Waals surface area contributed by atoms with Gasteiger partial charge in [-0.2, -0.15) is 0 Å². The summed E-state index contributed by atoms with van der Waals surface area (Å²) in [7, 11) is 3.60. The molecule has 0 radical (unpaired) electrons. The molecule has 0 heterocycles. The molecule has 0 aromatic heterocycles. The molecule has 14 heavy (non-hydrogen) atoms. The van der Waals surface area contributed by atoms with Crippen molar-refractivity contribution in [3.63, 3.8) is 0 Å². The summed E-state index contributed by atoms with van der Waals surface area (Å²) in [6, 6.07) is 10.1. The number of ketones is 1. The van der Waals surface area contributed by atoms with Gasteiger partial charge in [0.15, 0.2) is 0 Å². The molecule has 0 N–H and O–H groups in total. The van der Waals surface area contributed by atoms with Crippen LogP contribution in [-0.2, 0) is 0 Å². The van der Waals surface area contributed by atoms with Crippen LogP contribution in [0.4, 0.5) is 0 Å². The van der Waals surface area contributed by atoms with Crippen molar-refractivity contribution in [2.45, 2.75) is 6.92 Å². The van der Waals surface area contributed by atoms with E-state index in [1.54, 1.807) is 31.1 Å². The van der Waals surface area contributed by atoms with Crippen LogP contribution >= 0.6 is 0 Å². The first-order valence-corrected chi connectivity index (χ1v) is 4.39. The quantitative estimate of drug-likeness (QED) is 0.379. The molecule has 0 unspecified atom stereocenters. The van der Waals surface area contributed by atoms with E-state index in [1.807, 2.05) is 19.1 Å². The third-order valence-electron chi connectivity index (χ3n) is 1.71. The van der Waals surface area contributed by atoms with Crippen molar-refractivity contribution in [3.8, 4) is 12.0 Å². The van der Waals surface area contributed by atoms with Crippen LogP contribution in [0, 0.1) is 18.9 Å². The van der Waals surface area contributed by atoms with Gasteiger partial charge in [-0.1, -0.05) is 29.8 Å². The predicted molar refractivity (Wildman–Crippen MR) is 57.0 cm³/mol. The van der Waals surface area contributed by atoms with Gasteiger partial charge in [0.05, 0.1) is 0 Å². The van der Waals surface area contributed by atoms with E-state index in [2.05, 4.69) is 12.0 Å². The van der Waals surface area contributed by atoms with Crippen molar-refractivity contribution in [2.24, 2.45) is 0 Å². The van der Waals surface area contributed by atoms with E-state index in [4.69, 9.17) is 0 Å². The Kier molecular flexibility index (Phi) is 3.30. The van der Waals surface area contributed by atoms with Crippen LogP contribution in [0.3, 0.4) is 0 Å². The molecule has 0 fully saturated rings. The number of hydrogen-bond donors (Lipinski definition) is 0. The third-order valence-corrected chi connectivity index (χ3v) is 1.71. The molecule has 1 aromatic rings. The minimum Gasteiger partial charge on any atom is -0.338 e. The number of carbonyl (C=O) groups is 1. The Hall–Kier alpha value is -1.75. The van der Waals surface area contributed by atoms with Gasteiger partial charge in [-0.15, -0.1) is 0 Å². The third kappa shape index (κ3) is 2.95. The number of nitrogens with zero attached hydrogens (tertiary/aromatic N) is 1. The summed E-state index contributed by atoms with van der Waals surface area (Å²) in [4.78, 5) is 13.1. The van der Waals surface area contributed by atoms with Gasteiger partial charge in [0.2, 0.25) is 5.78 Å². The molecule has 1 aromatic carbocycles. The lowest BCUT2D eigenvalue weighted by molar-refractivity contribution is 0.105. The zero-order chi connectivity index (χ0) is 10.6. The molecule has 2 heteroatoms. The summed E-state index contributed by atoms with van der Waals surface area (Å²) in [5.74, 6) is 2.41. The second kappa shape index (κ2) is 4.48. The van der Waals surface area contributed by atoms with Crippen molar-refractivity contribution in [1.82, 2.24) is 4.90 Å².